The van der Waals surface area contributed by atoms with Crippen molar-refractivity contribution in [2.45, 2.75) is 66.4 Å². The summed E-state index contributed by atoms with van der Waals surface area (Å²) in [5.41, 5.74) is -0.917. The molecule has 0 amide bonds. The maximum atomic E-state index is 13.0. The minimum atomic E-state index is -0.785. The molecule has 0 spiro atoms. The molecule has 0 aliphatic heterocycles. The van der Waals surface area contributed by atoms with E-state index in [0.29, 0.717) is 12.3 Å². The van der Waals surface area contributed by atoms with Crippen LogP contribution in [0.15, 0.2) is 0 Å². The third-order valence-corrected chi connectivity index (χ3v) is 7.60. The van der Waals surface area contributed by atoms with Gasteiger partial charge < -0.3 is 9.47 Å². The molecule has 0 unspecified atom stereocenters. The fraction of sp³-hybridized carbons (Fsp3) is 0.842. The molecule has 3 aliphatic carbocycles. The average molecular weight is 336 g/mol. The fourth-order valence-electron chi connectivity index (χ4n) is 6.04. The zero-order valence-electron chi connectivity index (χ0n) is 15.3. The van der Waals surface area contributed by atoms with E-state index in [0.717, 1.165) is 19.3 Å². The number of ketones is 1. The summed E-state index contributed by atoms with van der Waals surface area (Å²) >= 11 is 0. The molecule has 3 rings (SSSR count). The van der Waals surface area contributed by atoms with E-state index in [1.54, 1.807) is 0 Å². The molecule has 24 heavy (non-hydrogen) atoms. The van der Waals surface area contributed by atoms with Gasteiger partial charge in [-0.2, -0.15) is 0 Å². The van der Waals surface area contributed by atoms with Crippen LogP contribution in [0.3, 0.4) is 0 Å². The van der Waals surface area contributed by atoms with Crippen LogP contribution in [0.2, 0.25) is 0 Å². The lowest BCUT2D eigenvalue weighted by atomic mass is 9.62. The van der Waals surface area contributed by atoms with E-state index in [4.69, 9.17) is 9.47 Å². The van der Waals surface area contributed by atoms with Crippen molar-refractivity contribution in [3.63, 3.8) is 0 Å². The largest absolute Gasteiger partial charge is 0.465 e. The molecule has 0 N–H and O–H groups in total. The third-order valence-electron chi connectivity index (χ3n) is 7.60. The second-order valence-corrected chi connectivity index (χ2v) is 8.66. The van der Waals surface area contributed by atoms with Crippen LogP contribution in [-0.4, -0.2) is 30.4 Å². The summed E-state index contributed by atoms with van der Waals surface area (Å²) in [6.07, 6.45) is 3.09. The van der Waals surface area contributed by atoms with Gasteiger partial charge >= 0.3 is 11.9 Å². The molecule has 4 bridgehead atoms. The van der Waals surface area contributed by atoms with E-state index in [1.165, 1.54) is 13.8 Å². The molecule has 0 aromatic rings. The number of hydrogen-bond donors (Lipinski definition) is 0. The van der Waals surface area contributed by atoms with E-state index < -0.39 is 5.41 Å². The first-order valence-electron chi connectivity index (χ1n) is 8.90. The van der Waals surface area contributed by atoms with Crippen LogP contribution in [0, 0.1) is 28.1 Å². The Hall–Kier alpha value is -1.39. The van der Waals surface area contributed by atoms with Crippen LogP contribution >= 0.6 is 0 Å². The molecule has 3 fully saturated rings. The quantitative estimate of drug-likeness (QED) is 0.741. The summed E-state index contributed by atoms with van der Waals surface area (Å²) in [5, 5.41) is 0. The highest BCUT2D eigenvalue weighted by Gasteiger charge is 2.74. The van der Waals surface area contributed by atoms with Crippen molar-refractivity contribution in [3.05, 3.63) is 0 Å². The Kier molecular flexibility index (Phi) is 3.85. The maximum absolute atomic E-state index is 13.0. The molecule has 0 saturated heterocycles. The molecule has 0 radical (unpaired) electrons. The molecular weight excluding hydrogens is 308 g/mol. The highest BCUT2D eigenvalue weighted by Crippen LogP contribution is 2.74. The van der Waals surface area contributed by atoms with Gasteiger partial charge in [0, 0.05) is 31.6 Å². The Bertz CT molecular complexity index is 599. The van der Waals surface area contributed by atoms with Gasteiger partial charge in [-0.3, -0.25) is 14.4 Å². The Morgan fingerprint density at radius 2 is 1.75 bits per heavy atom. The summed E-state index contributed by atoms with van der Waals surface area (Å²) < 4.78 is 11.1. The summed E-state index contributed by atoms with van der Waals surface area (Å²) in [7, 11) is 0. The molecule has 0 aromatic heterocycles. The van der Waals surface area contributed by atoms with Crippen molar-refractivity contribution >= 4 is 17.7 Å². The lowest BCUT2D eigenvalue weighted by Crippen LogP contribution is -2.52. The highest BCUT2D eigenvalue weighted by molar-refractivity contribution is 5.86. The number of carbonyl (C=O) groups excluding carboxylic acids is 3. The normalized spacial score (nSPS) is 46.5. The Labute approximate surface area is 143 Å². The first-order valence-corrected chi connectivity index (χ1v) is 8.90. The zero-order chi connectivity index (χ0) is 17.9. The second kappa shape index (κ2) is 5.30. The van der Waals surface area contributed by atoms with Crippen molar-refractivity contribution in [3.8, 4) is 0 Å². The predicted octanol–water partition coefficient (Wildman–Crippen LogP) is 2.90. The van der Waals surface area contributed by atoms with E-state index in [-0.39, 0.29) is 47.2 Å². The van der Waals surface area contributed by atoms with Gasteiger partial charge in [-0.25, -0.2) is 0 Å². The van der Waals surface area contributed by atoms with E-state index >= 15 is 0 Å². The molecule has 134 valence electrons. The molecule has 0 aromatic carbocycles. The average Bonchev–Trinajstić information content (AvgIpc) is 2.80. The summed E-state index contributed by atoms with van der Waals surface area (Å²) in [6, 6.07) is 0. The first kappa shape index (κ1) is 17.4. The number of Topliss-reactive ketones (excluding diaryl/α,β-unsaturated/α-hetero) is 1. The topological polar surface area (TPSA) is 69.7 Å². The summed E-state index contributed by atoms with van der Waals surface area (Å²) in [4.78, 5) is 36.1. The van der Waals surface area contributed by atoms with Crippen molar-refractivity contribution in [2.24, 2.45) is 28.1 Å². The van der Waals surface area contributed by atoms with Gasteiger partial charge in [0.05, 0.1) is 5.41 Å². The monoisotopic (exact) mass is 336 g/mol. The van der Waals surface area contributed by atoms with Crippen LogP contribution in [-0.2, 0) is 23.9 Å². The number of ether oxygens (including phenoxy) is 2. The van der Waals surface area contributed by atoms with Crippen LogP contribution in [0.1, 0.15) is 60.3 Å². The lowest BCUT2D eigenvalue weighted by molar-refractivity contribution is -0.172. The number of esters is 2. The summed E-state index contributed by atoms with van der Waals surface area (Å²) in [5.74, 6) is -0.319. The van der Waals surface area contributed by atoms with Crippen LogP contribution in [0.5, 0.6) is 0 Å². The molecule has 0 heterocycles. The van der Waals surface area contributed by atoms with Gasteiger partial charge in [0.25, 0.3) is 0 Å². The Morgan fingerprint density at radius 3 is 2.33 bits per heavy atom. The van der Waals surface area contributed by atoms with Gasteiger partial charge in [0.1, 0.15) is 18.5 Å². The van der Waals surface area contributed by atoms with Crippen LogP contribution < -0.4 is 0 Å². The van der Waals surface area contributed by atoms with E-state index in [1.807, 2.05) is 6.92 Å². The van der Waals surface area contributed by atoms with Crippen molar-refractivity contribution in [1.82, 2.24) is 0 Å². The smallest absolute Gasteiger partial charge is 0.302 e. The van der Waals surface area contributed by atoms with Gasteiger partial charge in [0.2, 0.25) is 0 Å². The lowest BCUT2D eigenvalue weighted by Gasteiger charge is -2.46. The van der Waals surface area contributed by atoms with E-state index in [9.17, 15) is 14.4 Å². The van der Waals surface area contributed by atoms with Gasteiger partial charge in [0.15, 0.2) is 0 Å². The second-order valence-electron chi connectivity index (χ2n) is 8.66. The zero-order valence-corrected chi connectivity index (χ0v) is 15.3. The van der Waals surface area contributed by atoms with Crippen molar-refractivity contribution in [1.29, 1.82) is 0 Å². The summed E-state index contributed by atoms with van der Waals surface area (Å²) in [6.45, 7) is 9.23. The molecule has 5 heteroatoms. The number of hydrogen-bond acceptors (Lipinski definition) is 5. The predicted molar refractivity (Wildman–Crippen MR) is 87.0 cm³/mol. The van der Waals surface area contributed by atoms with Crippen LogP contribution in [0.4, 0.5) is 0 Å². The standard InChI is InChI=1S/C19H28O5/c1-11(20)23-10-17(3)14(22)7-9-18(4)13-6-8-19(18,5)16(15(13)17)24-12(2)21/h13,15-16H,6-10H2,1-5H3/t13-,15-,16+,17+,18+,19+/m0/s1. The van der Waals surface area contributed by atoms with Gasteiger partial charge in [-0.15, -0.1) is 0 Å². The van der Waals surface area contributed by atoms with Gasteiger partial charge in [-0.1, -0.05) is 13.8 Å². The van der Waals surface area contributed by atoms with E-state index in [2.05, 4.69) is 13.8 Å². The molecule has 3 saturated carbocycles. The SMILES string of the molecule is CC(=O)OC[C@]1(C)C(=O)CC[C@]2(C)[C@H]3CC[C@]2(C)[C@H](OC(C)=O)[C@H]31. The molecule has 6 atom stereocenters. The third kappa shape index (κ3) is 2.09. The van der Waals surface area contributed by atoms with Gasteiger partial charge in [-0.05, 0) is 37.5 Å². The number of rotatable bonds is 3. The maximum Gasteiger partial charge on any atom is 0.302 e. The minimum Gasteiger partial charge on any atom is -0.465 e. The Morgan fingerprint density at radius 1 is 1.08 bits per heavy atom. The molecule has 3 aliphatic rings. The first-order chi connectivity index (χ1) is 11.1. The number of carbonyl (C=O) groups is 3. The van der Waals surface area contributed by atoms with Crippen LogP contribution in [0.25, 0.3) is 0 Å². The van der Waals surface area contributed by atoms with Crippen molar-refractivity contribution in [2.75, 3.05) is 6.61 Å². The highest BCUT2D eigenvalue weighted by atomic mass is 16.5. The molecule has 5 nitrogen and oxygen atoms in total. The fourth-order valence-corrected chi connectivity index (χ4v) is 6.04. The minimum absolute atomic E-state index is 0.0125. The van der Waals surface area contributed by atoms with Crippen molar-refractivity contribution < 1.29 is 23.9 Å². The Balaban J connectivity index is 2.07. The molecular formula is C19H28O5.